The lowest BCUT2D eigenvalue weighted by atomic mass is 10.3. The van der Waals surface area contributed by atoms with Crippen LogP contribution in [0.2, 0.25) is 5.28 Å². The van der Waals surface area contributed by atoms with Crippen molar-refractivity contribution in [3.05, 3.63) is 29.5 Å². The van der Waals surface area contributed by atoms with Crippen LogP contribution in [-0.2, 0) is 0 Å². The van der Waals surface area contributed by atoms with Gasteiger partial charge >= 0.3 is 6.01 Å². The number of benzene rings is 1. The fraction of sp³-hybridized carbons (Fsp3) is 0.0909. The molecule has 0 atom stereocenters. The molecule has 0 spiro atoms. The molecule has 0 saturated carbocycles. The smallest absolute Gasteiger partial charge is 0.321 e. The molecule has 2 aromatic heterocycles. The van der Waals surface area contributed by atoms with E-state index in [0.717, 1.165) is 14.6 Å². The molecule has 0 saturated heterocycles. The molecule has 0 radical (unpaired) electrons. The molecular weight excluding hydrogens is 304 g/mol. The number of fused-ring (bicyclic) bond motifs is 1. The lowest BCUT2D eigenvalue weighted by Crippen LogP contribution is -1.96. The van der Waals surface area contributed by atoms with Gasteiger partial charge in [0.1, 0.15) is 0 Å². The van der Waals surface area contributed by atoms with Crippen molar-refractivity contribution in [1.29, 1.82) is 0 Å². The summed E-state index contributed by atoms with van der Waals surface area (Å²) in [6, 6.07) is 8.13. The number of nitrogens with zero attached hydrogens (tertiary/aromatic N) is 4. The maximum absolute atomic E-state index is 5.80. The van der Waals surface area contributed by atoms with Crippen molar-refractivity contribution in [3.63, 3.8) is 0 Å². The van der Waals surface area contributed by atoms with Gasteiger partial charge in [-0.25, -0.2) is 4.98 Å². The molecule has 1 aromatic carbocycles. The maximum atomic E-state index is 5.80. The molecule has 0 fully saturated rings. The fourth-order valence-corrected chi connectivity index (χ4v) is 3.54. The van der Waals surface area contributed by atoms with Crippen LogP contribution in [-0.4, -0.2) is 27.0 Å². The van der Waals surface area contributed by atoms with Crippen LogP contribution in [0.5, 0.6) is 6.01 Å². The van der Waals surface area contributed by atoms with E-state index in [2.05, 4.69) is 19.9 Å². The summed E-state index contributed by atoms with van der Waals surface area (Å²) in [5.74, 6) is 0. The molecule has 5 nitrogen and oxygen atoms in total. The number of rotatable bonds is 3. The Bertz CT molecular complexity index is 701. The second-order valence-electron chi connectivity index (χ2n) is 3.42. The predicted molar refractivity (Wildman–Crippen MR) is 75.1 cm³/mol. The molecule has 0 N–H and O–H groups in total. The number of methoxy groups -OCH3 is 1. The Morgan fingerprint density at radius 2 is 2.00 bits per heavy atom. The summed E-state index contributed by atoms with van der Waals surface area (Å²) >= 11 is 8.72. The molecular formula is C11H7ClN4OS2. The van der Waals surface area contributed by atoms with E-state index >= 15 is 0 Å². The third kappa shape index (κ3) is 2.78. The zero-order valence-electron chi connectivity index (χ0n) is 9.70. The number of aromatic nitrogens is 4. The Balaban J connectivity index is 1.94. The van der Waals surface area contributed by atoms with Crippen LogP contribution in [0.1, 0.15) is 0 Å². The van der Waals surface area contributed by atoms with Gasteiger partial charge in [0.25, 0.3) is 0 Å². The van der Waals surface area contributed by atoms with Gasteiger partial charge in [0.15, 0.2) is 4.34 Å². The predicted octanol–water partition coefficient (Wildman–Crippen LogP) is 3.29. The fourth-order valence-electron chi connectivity index (χ4n) is 1.42. The molecule has 3 rings (SSSR count). The maximum Gasteiger partial charge on any atom is 0.321 e. The number of hydrogen-bond donors (Lipinski definition) is 0. The van der Waals surface area contributed by atoms with E-state index in [1.165, 1.54) is 18.9 Å². The highest BCUT2D eigenvalue weighted by Gasteiger charge is 2.10. The van der Waals surface area contributed by atoms with Gasteiger partial charge in [0.05, 0.1) is 17.3 Å². The highest BCUT2D eigenvalue weighted by Crippen LogP contribution is 2.33. The van der Waals surface area contributed by atoms with Crippen molar-refractivity contribution in [2.75, 3.05) is 7.11 Å². The van der Waals surface area contributed by atoms with Crippen molar-refractivity contribution in [2.24, 2.45) is 0 Å². The zero-order valence-corrected chi connectivity index (χ0v) is 12.1. The summed E-state index contributed by atoms with van der Waals surface area (Å²) in [6.07, 6.45) is 0. The molecule has 0 aliphatic heterocycles. The minimum atomic E-state index is 0.107. The number of ether oxygens (including phenoxy) is 1. The Kier molecular flexibility index (Phi) is 3.50. The Labute approximate surface area is 122 Å². The average molecular weight is 311 g/mol. The van der Waals surface area contributed by atoms with E-state index in [0.29, 0.717) is 5.16 Å². The van der Waals surface area contributed by atoms with Crippen LogP contribution in [0.4, 0.5) is 0 Å². The number of para-hydroxylation sites is 1. The quantitative estimate of drug-likeness (QED) is 0.739. The van der Waals surface area contributed by atoms with E-state index in [-0.39, 0.29) is 11.3 Å². The summed E-state index contributed by atoms with van der Waals surface area (Å²) in [5, 5.41) is 0.575. The summed E-state index contributed by atoms with van der Waals surface area (Å²) in [5.41, 5.74) is 0.960. The highest BCUT2D eigenvalue weighted by atomic mass is 35.5. The second-order valence-corrected chi connectivity index (χ2v) is 6.01. The van der Waals surface area contributed by atoms with Gasteiger partial charge in [-0.2, -0.15) is 15.0 Å². The third-order valence-electron chi connectivity index (χ3n) is 2.20. The third-order valence-corrected chi connectivity index (χ3v) is 4.33. The van der Waals surface area contributed by atoms with Crippen molar-refractivity contribution in [3.8, 4) is 6.01 Å². The van der Waals surface area contributed by atoms with Gasteiger partial charge in [0.2, 0.25) is 10.4 Å². The minimum absolute atomic E-state index is 0.107. The Morgan fingerprint density at radius 1 is 1.16 bits per heavy atom. The van der Waals surface area contributed by atoms with Gasteiger partial charge in [-0.3, -0.25) is 0 Å². The summed E-state index contributed by atoms with van der Waals surface area (Å²) in [4.78, 5) is 16.5. The molecule has 0 unspecified atom stereocenters. The Morgan fingerprint density at radius 3 is 2.79 bits per heavy atom. The largest absolute Gasteiger partial charge is 0.467 e. The first-order valence-electron chi connectivity index (χ1n) is 5.23. The van der Waals surface area contributed by atoms with E-state index < -0.39 is 0 Å². The van der Waals surface area contributed by atoms with Gasteiger partial charge < -0.3 is 4.74 Å². The zero-order chi connectivity index (χ0) is 13.2. The van der Waals surface area contributed by atoms with E-state index in [1.54, 1.807) is 11.3 Å². The summed E-state index contributed by atoms with van der Waals surface area (Å²) in [7, 11) is 1.48. The molecule has 0 bridgehead atoms. The van der Waals surface area contributed by atoms with Crippen LogP contribution in [0.15, 0.2) is 33.8 Å². The monoisotopic (exact) mass is 310 g/mol. The van der Waals surface area contributed by atoms with Crippen molar-refractivity contribution < 1.29 is 4.74 Å². The first-order valence-corrected chi connectivity index (χ1v) is 7.25. The number of halogens is 1. The highest BCUT2D eigenvalue weighted by molar-refractivity contribution is 8.01. The molecule has 8 heteroatoms. The lowest BCUT2D eigenvalue weighted by Gasteiger charge is -2.00. The second kappa shape index (κ2) is 5.28. The molecule has 0 amide bonds. The summed E-state index contributed by atoms with van der Waals surface area (Å²) in [6.45, 7) is 0. The van der Waals surface area contributed by atoms with Gasteiger partial charge in [-0.05, 0) is 35.5 Å². The van der Waals surface area contributed by atoms with E-state index in [9.17, 15) is 0 Å². The van der Waals surface area contributed by atoms with Crippen molar-refractivity contribution in [2.45, 2.75) is 9.50 Å². The van der Waals surface area contributed by atoms with Gasteiger partial charge in [-0.1, -0.05) is 12.1 Å². The average Bonchev–Trinajstić information content (AvgIpc) is 2.80. The molecule has 0 aliphatic carbocycles. The number of hydrogen-bond acceptors (Lipinski definition) is 7. The van der Waals surface area contributed by atoms with Crippen LogP contribution in [0.3, 0.4) is 0 Å². The molecule has 2 heterocycles. The van der Waals surface area contributed by atoms with Gasteiger partial charge in [-0.15, -0.1) is 11.3 Å². The minimum Gasteiger partial charge on any atom is -0.467 e. The van der Waals surface area contributed by atoms with Crippen LogP contribution < -0.4 is 4.74 Å². The SMILES string of the molecule is COc1nc(Cl)nc(Sc2nc3ccccc3s2)n1. The lowest BCUT2D eigenvalue weighted by molar-refractivity contribution is 0.373. The van der Waals surface area contributed by atoms with Crippen LogP contribution in [0, 0.1) is 0 Å². The standard InChI is InChI=1S/C11H7ClN4OS2/c1-17-9-14-8(12)15-10(16-9)19-11-13-6-4-2-3-5-7(6)18-11/h2-5H,1H3. The van der Waals surface area contributed by atoms with Crippen molar-refractivity contribution >= 4 is 44.9 Å². The van der Waals surface area contributed by atoms with Crippen LogP contribution >= 0.6 is 34.7 Å². The first kappa shape index (κ1) is 12.6. The summed E-state index contributed by atoms with van der Waals surface area (Å²) < 4.78 is 6.93. The number of thiazole rings is 1. The first-order chi connectivity index (χ1) is 9.24. The van der Waals surface area contributed by atoms with E-state index in [1.807, 2.05) is 24.3 Å². The normalized spacial score (nSPS) is 10.8. The van der Waals surface area contributed by atoms with Gasteiger partial charge in [0, 0.05) is 0 Å². The molecule has 0 aliphatic rings. The van der Waals surface area contributed by atoms with Crippen LogP contribution in [0.25, 0.3) is 10.2 Å². The molecule has 96 valence electrons. The molecule has 3 aromatic rings. The van der Waals surface area contributed by atoms with Crippen molar-refractivity contribution in [1.82, 2.24) is 19.9 Å². The van der Waals surface area contributed by atoms with E-state index in [4.69, 9.17) is 16.3 Å². The topological polar surface area (TPSA) is 60.8 Å². The Hall–Kier alpha value is -1.44. The molecule has 19 heavy (non-hydrogen) atoms.